The molecule has 0 aliphatic rings. The fourth-order valence-corrected chi connectivity index (χ4v) is 1.05. The van der Waals surface area contributed by atoms with Crippen molar-refractivity contribution < 1.29 is 9.21 Å². The Kier molecular flexibility index (Phi) is 1.88. The van der Waals surface area contributed by atoms with Gasteiger partial charge in [0.05, 0.1) is 6.20 Å². The Morgan fingerprint density at radius 3 is 2.79 bits per heavy atom. The largest absolute Gasteiger partial charge is 0.449 e. The third kappa shape index (κ3) is 1.41. The van der Waals surface area contributed by atoms with Gasteiger partial charge in [-0.05, 0) is 0 Å². The van der Waals surface area contributed by atoms with Crippen molar-refractivity contribution in [2.24, 2.45) is 7.05 Å². The van der Waals surface area contributed by atoms with Crippen molar-refractivity contribution in [3.63, 3.8) is 0 Å². The molecule has 72 valence electrons. The van der Waals surface area contributed by atoms with Crippen LogP contribution in [0.5, 0.6) is 0 Å². The van der Waals surface area contributed by atoms with Crippen molar-refractivity contribution in [2.45, 2.75) is 6.92 Å². The molecule has 6 nitrogen and oxygen atoms in total. The zero-order valence-electron chi connectivity index (χ0n) is 7.76. The van der Waals surface area contributed by atoms with Crippen LogP contribution in [-0.2, 0) is 7.05 Å². The number of aryl methyl sites for hydroxylation is 2. The number of hydrogen-bond acceptors (Lipinski definition) is 5. The van der Waals surface area contributed by atoms with Gasteiger partial charge in [-0.3, -0.25) is 9.48 Å². The van der Waals surface area contributed by atoms with Crippen molar-refractivity contribution in [1.82, 2.24) is 20.0 Å². The van der Waals surface area contributed by atoms with Gasteiger partial charge < -0.3 is 4.42 Å². The molecule has 14 heavy (non-hydrogen) atoms. The maximum Gasteiger partial charge on any atom is 0.236 e. The highest BCUT2D eigenvalue weighted by Crippen LogP contribution is 2.06. The maximum atomic E-state index is 11.6. The Labute approximate surface area is 79.6 Å². The topological polar surface area (TPSA) is 73.8 Å². The summed E-state index contributed by atoms with van der Waals surface area (Å²) in [6, 6.07) is 0. The molecule has 0 fully saturated rings. The number of ketones is 1. The van der Waals surface area contributed by atoms with Crippen LogP contribution in [0, 0.1) is 6.92 Å². The van der Waals surface area contributed by atoms with Gasteiger partial charge in [-0.15, -0.1) is 5.10 Å². The molecule has 2 aromatic rings. The first-order chi connectivity index (χ1) is 6.66. The van der Waals surface area contributed by atoms with Crippen LogP contribution in [0.25, 0.3) is 0 Å². The Hall–Kier alpha value is -1.98. The minimum absolute atomic E-state index is 0.253. The second-order valence-electron chi connectivity index (χ2n) is 2.86. The van der Waals surface area contributed by atoms with Gasteiger partial charge >= 0.3 is 0 Å². The molecule has 2 aromatic heterocycles. The second kappa shape index (κ2) is 3.06. The van der Waals surface area contributed by atoms with Crippen molar-refractivity contribution in [2.75, 3.05) is 0 Å². The fraction of sp³-hybridized carbons (Fsp3) is 0.250. The van der Waals surface area contributed by atoms with Crippen molar-refractivity contribution in [1.29, 1.82) is 0 Å². The number of hydrogen-bond donors (Lipinski definition) is 0. The number of nitrogens with zero attached hydrogens (tertiary/aromatic N) is 4. The standard InChI is InChI=1S/C8H8N4O2/c1-5-9-7(4-14-5)8(13)6-3-12(2)11-10-6/h3-4H,1-2H3. The summed E-state index contributed by atoms with van der Waals surface area (Å²) in [6.07, 6.45) is 2.85. The molecule has 0 amide bonds. The molecule has 6 heteroatoms. The SMILES string of the molecule is Cc1nc(C(=O)c2cn(C)nn2)co1. The van der Waals surface area contributed by atoms with E-state index in [0.717, 1.165) is 0 Å². The first-order valence-electron chi connectivity index (χ1n) is 4.00. The van der Waals surface area contributed by atoms with Gasteiger partial charge in [0.1, 0.15) is 6.26 Å². The molecule has 0 spiro atoms. The molecule has 0 unspecified atom stereocenters. The van der Waals surface area contributed by atoms with Gasteiger partial charge in [-0.25, -0.2) is 4.98 Å². The van der Waals surface area contributed by atoms with Crippen LogP contribution in [0.1, 0.15) is 22.1 Å². The molecule has 0 N–H and O–H groups in total. The van der Waals surface area contributed by atoms with E-state index >= 15 is 0 Å². The molecule has 0 bridgehead atoms. The zero-order valence-corrected chi connectivity index (χ0v) is 7.76. The van der Waals surface area contributed by atoms with Crippen molar-refractivity contribution in [3.8, 4) is 0 Å². The number of oxazole rings is 1. The van der Waals surface area contributed by atoms with Gasteiger partial charge in [0.2, 0.25) is 5.78 Å². The smallest absolute Gasteiger partial charge is 0.236 e. The van der Waals surface area contributed by atoms with Crippen LogP contribution >= 0.6 is 0 Å². The maximum absolute atomic E-state index is 11.6. The summed E-state index contributed by atoms with van der Waals surface area (Å²) < 4.78 is 6.39. The molecule has 0 aliphatic heterocycles. The summed E-state index contributed by atoms with van der Waals surface area (Å²) in [5.74, 6) is 0.173. The van der Waals surface area contributed by atoms with E-state index in [0.29, 0.717) is 5.89 Å². The van der Waals surface area contributed by atoms with E-state index in [2.05, 4.69) is 15.3 Å². The lowest BCUT2D eigenvalue weighted by Crippen LogP contribution is -2.02. The molecule has 0 atom stereocenters. The molecule has 0 aromatic carbocycles. The van der Waals surface area contributed by atoms with E-state index in [9.17, 15) is 4.79 Å². The molecule has 0 aliphatic carbocycles. The van der Waals surface area contributed by atoms with Gasteiger partial charge in [-0.1, -0.05) is 5.21 Å². The van der Waals surface area contributed by atoms with Crippen LogP contribution in [0.3, 0.4) is 0 Å². The zero-order chi connectivity index (χ0) is 10.1. The fourth-order valence-electron chi connectivity index (χ4n) is 1.05. The number of carbonyl (C=O) groups excluding carboxylic acids is 1. The lowest BCUT2D eigenvalue weighted by atomic mass is 10.2. The Bertz CT molecular complexity index is 429. The molecular formula is C8H8N4O2. The van der Waals surface area contributed by atoms with Gasteiger partial charge in [0, 0.05) is 14.0 Å². The van der Waals surface area contributed by atoms with E-state index in [1.54, 1.807) is 14.0 Å². The molecule has 0 saturated carbocycles. The molecular weight excluding hydrogens is 184 g/mol. The molecule has 2 rings (SSSR count). The van der Waals surface area contributed by atoms with Crippen LogP contribution in [0.4, 0.5) is 0 Å². The minimum Gasteiger partial charge on any atom is -0.449 e. The quantitative estimate of drug-likeness (QED) is 0.641. The normalized spacial score (nSPS) is 10.4. The third-order valence-corrected chi connectivity index (χ3v) is 1.69. The van der Waals surface area contributed by atoms with Crippen molar-refractivity contribution in [3.05, 3.63) is 29.7 Å². The average molecular weight is 192 g/mol. The van der Waals surface area contributed by atoms with Crippen LogP contribution in [0.15, 0.2) is 16.9 Å². The first kappa shape index (κ1) is 8.61. The Morgan fingerprint density at radius 1 is 1.50 bits per heavy atom. The Morgan fingerprint density at radius 2 is 2.29 bits per heavy atom. The molecule has 0 saturated heterocycles. The third-order valence-electron chi connectivity index (χ3n) is 1.69. The van der Waals surface area contributed by atoms with Crippen LogP contribution in [-0.4, -0.2) is 25.8 Å². The summed E-state index contributed by atoms with van der Waals surface area (Å²) in [4.78, 5) is 15.5. The summed E-state index contributed by atoms with van der Waals surface area (Å²) in [7, 11) is 1.69. The lowest BCUT2D eigenvalue weighted by molar-refractivity contribution is 0.102. The van der Waals surface area contributed by atoms with Gasteiger partial charge in [0.25, 0.3) is 0 Å². The lowest BCUT2D eigenvalue weighted by Gasteiger charge is -1.86. The number of carbonyl (C=O) groups is 1. The predicted molar refractivity (Wildman–Crippen MR) is 45.7 cm³/mol. The van der Waals surface area contributed by atoms with Gasteiger partial charge in [0.15, 0.2) is 17.3 Å². The average Bonchev–Trinajstić information content (AvgIpc) is 2.73. The molecule has 2 heterocycles. The van der Waals surface area contributed by atoms with E-state index in [1.807, 2.05) is 0 Å². The summed E-state index contributed by atoms with van der Waals surface area (Å²) in [5, 5.41) is 7.34. The number of rotatable bonds is 2. The van der Waals surface area contributed by atoms with Crippen molar-refractivity contribution >= 4 is 5.78 Å². The monoisotopic (exact) mass is 192 g/mol. The highest BCUT2D eigenvalue weighted by molar-refractivity contribution is 6.05. The summed E-state index contributed by atoms with van der Waals surface area (Å²) in [6.45, 7) is 1.67. The van der Waals surface area contributed by atoms with E-state index in [-0.39, 0.29) is 17.2 Å². The highest BCUT2D eigenvalue weighted by Gasteiger charge is 2.16. The Balaban J connectivity index is 2.33. The second-order valence-corrected chi connectivity index (χ2v) is 2.86. The molecule has 0 radical (unpaired) electrons. The number of aromatic nitrogens is 4. The van der Waals surface area contributed by atoms with E-state index < -0.39 is 0 Å². The van der Waals surface area contributed by atoms with Crippen LogP contribution < -0.4 is 0 Å². The van der Waals surface area contributed by atoms with E-state index in [4.69, 9.17) is 4.42 Å². The van der Waals surface area contributed by atoms with E-state index in [1.165, 1.54) is 17.1 Å². The minimum atomic E-state index is -0.282. The van der Waals surface area contributed by atoms with Crippen LogP contribution in [0.2, 0.25) is 0 Å². The summed E-state index contributed by atoms with van der Waals surface area (Å²) in [5.41, 5.74) is 0.517. The highest BCUT2D eigenvalue weighted by atomic mass is 16.3. The van der Waals surface area contributed by atoms with Gasteiger partial charge in [-0.2, -0.15) is 0 Å². The predicted octanol–water partition coefficient (Wildman–Crippen LogP) is 0.343. The first-order valence-corrected chi connectivity index (χ1v) is 4.00. The summed E-state index contributed by atoms with van der Waals surface area (Å²) >= 11 is 0.